The average Bonchev–Trinajstić information content (AvgIpc) is 2.62. The van der Waals surface area contributed by atoms with Crippen molar-refractivity contribution in [2.45, 2.75) is 20.8 Å². The minimum Gasteiger partial charge on any atom is -0.495 e. The number of ketones is 1. The molecule has 0 aliphatic carbocycles. The highest BCUT2D eigenvalue weighted by molar-refractivity contribution is 6.32. The monoisotopic (exact) mass is 388 g/mol. The van der Waals surface area contributed by atoms with Gasteiger partial charge in [0.25, 0.3) is 0 Å². The molecule has 0 aromatic heterocycles. The van der Waals surface area contributed by atoms with Crippen molar-refractivity contribution in [3.63, 3.8) is 0 Å². The molecule has 0 saturated heterocycles. The van der Waals surface area contributed by atoms with Crippen LogP contribution in [0.4, 0.5) is 11.4 Å². The van der Waals surface area contributed by atoms with Gasteiger partial charge in [0.1, 0.15) is 11.2 Å². The summed E-state index contributed by atoms with van der Waals surface area (Å²) in [5.74, 6) is -0.539. The third-order valence-corrected chi connectivity index (χ3v) is 4.39. The topological polar surface area (TPSA) is 84.5 Å². The second kappa shape index (κ2) is 8.22. The number of carbonyl (C=O) groups excluding carboxylic acids is 3. The van der Waals surface area contributed by atoms with Gasteiger partial charge in [0.2, 0.25) is 11.8 Å². The average molecular weight is 389 g/mol. The zero-order valence-corrected chi connectivity index (χ0v) is 16.3. The molecule has 6 nitrogen and oxygen atoms in total. The molecule has 2 amide bonds. The fourth-order valence-corrected chi connectivity index (χ4v) is 2.47. The maximum absolute atomic E-state index is 12.6. The van der Waals surface area contributed by atoms with Crippen LogP contribution in [0.1, 0.15) is 31.1 Å². The largest absolute Gasteiger partial charge is 0.495 e. The maximum Gasteiger partial charge on any atom is 0.239 e. The second-order valence-electron chi connectivity index (χ2n) is 6.52. The molecular formula is C20H21ClN2O4. The van der Waals surface area contributed by atoms with Gasteiger partial charge in [-0.3, -0.25) is 14.4 Å². The highest BCUT2D eigenvalue weighted by Crippen LogP contribution is 2.28. The number of ether oxygens (including phenoxy) is 1. The van der Waals surface area contributed by atoms with E-state index in [1.54, 1.807) is 42.5 Å². The predicted octanol–water partition coefficient (Wildman–Crippen LogP) is 4.15. The van der Waals surface area contributed by atoms with Gasteiger partial charge in [-0.2, -0.15) is 0 Å². The van der Waals surface area contributed by atoms with E-state index in [4.69, 9.17) is 16.3 Å². The molecule has 0 radical (unpaired) electrons. The van der Waals surface area contributed by atoms with E-state index in [0.29, 0.717) is 27.7 Å². The van der Waals surface area contributed by atoms with Crippen LogP contribution in [0.5, 0.6) is 5.75 Å². The molecule has 0 spiro atoms. The molecule has 7 heteroatoms. The van der Waals surface area contributed by atoms with Gasteiger partial charge in [-0.1, -0.05) is 11.6 Å². The van der Waals surface area contributed by atoms with E-state index in [1.807, 2.05) is 0 Å². The Hall–Kier alpha value is -2.86. The lowest BCUT2D eigenvalue weighted by Gasteiger charge is -2.23. The number of benzene rings is 2. The first-order valence-electron chi connectivity index (χ1n) is 8.22. The van der Waals surface area contributed by atoms with E-state index in [1.165, 1.54) is 27.9 Å². The highest BCUT2D eigenvalue weighted by atomic mass is 35.5. The summed E-state index contributed by atoms with van der Waals surface area (Å²) in [6.45, 7) is 4.51. The van der Waals surface area contributed by atoms with Crippen LogP contribution in [0.3, 0.4) is 0 Å². The van der Waals surface area contributed by atoms with Crippen LogP contribution in [0.25, 0.3) is 0 Å². The van der Waals surface area contributed by atoms with Crippen molar-refractivity contribution in [2.24, 2.45) is 5.41 Å². The van der Waals surface area contributed by atoms with Crippen LogP contribution in [-0.4, -0.2) is 24.7 Å². The Bertz CT molecular complexity index is 876. The second-order valence-corrected chi connectivity index (χ2v) is 6.92. The summed E-state index contributed by atoms with van der Waals surface area (Å²) in [4.78, 5) is 36.5. The van der Waals surface area contributed by atoms with Crippen molar-refractivity contribution in [3.05, 3.63) is 53.1 Å². The zero-order chi connectivity index (χ0) is 20.2. The predicted molar refractivity (Wildman–Crippen MR) is 105 cm³/mol. The lowest BCUT2D eigenvalue weighted by atomic mass is 9.90. The van der Waals surface area contributed by atoms with Crippen molar-refractivity contribution >= 4 is 40.6 Å². The number of amides is 2. The van der Waals surface area contributed by atoms with Crippen molar-refractivity contribution in [1.29, 1.82) is 0 Å². The number of Topliss-reactive ketones (excluding diaryl/α,β-unsaturated/α-hetero) is 1. The first kappa shape index (κ1) is 20.5. The lowest BCUT2D eigenvalue weighted by molar-refractivity contribution is -0.135. The Morgan fingerprint density at radius 3 is 1.93 bits per heavy atom. The number of methoxy groups -OCH3 is 1. The molecule has 0 atom stereocenters. The van der Waals surface area contributed by atoms with Crippen molar-refractivity contribution in [1.82, 2.24) is 0 Å². The summed E-state index contributed by atoms with van der Waals surface area (Å²) in [6.07, 6.45) is 0. The van der Waals surface area contributed by atoms with Crippen LogP contribution < -0.4 is 15.4 Å². The van der Waals surface area contributed by atoms with Gasteiger partial charge in [0.15, 0.2) is 5.78 Å². The zero-order valence-electron chi connectivity index (χ0n) is 15.6. The summed E-state index contributed by atoms with van der Waals surface area (Å²) in [5.41, 5.74) is 0.156. The molecule has 0 aliphatic heterocycles. The molecule has 2 aromatic rings. The number of halogens is 1. The quantitative estimate of drug-likeness (QED) is 0.575. The van der Waals surface area contributed by atoms with Crippen LogP contribution >= 0.6 is 11.6 Å². The third-order valence-electron chi connectivity index (χ3n) is 4.09. The van der Waals surface area contributed by atoms with Crippen LogP contribution in [0.15, 0.2) is 42.5 Å². The standard InChI is InChI=1S/C20H21ClN2O4/c1-12(24)13-5-7-14(8-6-13)22-18(25)20(2,3)19(26)23-15-9-10-17(27-4)16(21)11-15/h5-11H,1-4H3,(H,22,25)(H,23,26). The highest BCUT2D eigenvalue weighted by Gasteiger charge is 2.36. The summed E-state index contributed by atoms with van der Waals surface area (Å²) < 4.78 is 5.07. The molecule has 27 heavy (non-hydrogen) atoms. The molecule has 0 heterocycles. The van der Waals surface area contributed by atoms with E-state index >= 15 is 0 Å². The Morgan fingerprint density at radius 1 is 0.926 bits per heavy atom. The van der Waals surface area contributed by atoms with Gasteiger partial charge in [-0.25, -0.2) is 0 Å². The van der Waals surface area contributed by atoms with Crippen molar-refractivity contribution in [2.75, 3.05) is 17.7 Å². The summed E-state index contributed by atoms with van der Waals surface area (Å²) in [6, 6.07) is 11.3. The van der Waals surface area contributed by atoms with Crippen LogP contribution in [0, 0.1) is 5.41 Å². The number of hydrogen-bond acceptors (Lipinski definition) is 4. The fourth-order valence-electron chi connectivity index (χ4n) is 2.21. The summed E-state index contributed by atoms with van der Waals surface area (Å²) in [5, 5.41) is 5.72. The van der Waals surface area contributed by atoms with Crippen molar-refractivity contribution in [3.8, 4) is 5.75 Å². The maximum atomic E-state index is 12.6. The SMILES string of the molecule is COc1ccc(NC(=O)C(C)(C)C(=O)Nc2ccc(C(C)=O)cc2)cc1Cl. The van der Waals surface area contributed by atoms with E-state index in [9.17, 15) is 14.4 Å². The van der Waals surface area contributed by atoms with Crippen LogP contribution in [-0.2, 0) is 9.59 Å². The van der Waals surface area contributed by atoms with Gasteiger partial charge in [0, 0.05) is 16.9 Å². The Labute approximate surface area is 162 Å². The molecule has 2 aromatic carbocycles. The van der Waals surface area contributed by atoms with E-state index in [2.05, 4.69) is 10.6 Å². The molecule has 0 unspecified atom stereocenters. The van der Waals surface area contributed by atoms with Crippen molar-refractivity contribution < 1.29 is 19.1 Å². The molecule has 2 rings (SSSR count). The summed E-state index contributed by atoms with van der Waals surface area (Å²) in [7, 11) is 1.50. The molecule has 0 fully saturated rings. The number of carbonyl (C=O) groups is 3. The number of nitrogens with one attached hydrogen (secondary N) is 2. The molecule has 0 aliphatic rings. The van der Waals surface area contributed by atoms with Gasteiger partial charge in [0.05, 0.1) is 12.1 Å². The molecule has 0 saturated carbocycles. The Balaban J connectivity index is 2.08. The van der Waals surface area contributed by atoms with E-state index in [0.717, 1.165) is 0 Å². The molecule has 0 bridgehead atoms. The fraction of sp³-hybridized carbons (Fsp3) is 0.250. The first-order chi connectivity index (χ1) is 12.6. The van der Waals surface area contributed by atoms with Gasteiger partial charge in [-0.15, -0.1) is 0 Å². The Kier molecular flexibility index (Phi) is 6.23. The van der Waals surface area contributed by atoms with E-state index in [-0.39, 0.29) is 5.78 Å². The number of rotatable bonds is 6. The van der Waals surface area contributed by atoms with Crippen LogP contribution in [0.2, 0.25) is 5.02 Å². The number of hydrogen-bond donors (Lipinski definition) is 2. The molecule has 142 valence electrons. The minimum absolute atomic E-state index is 0.0641. The lowest BCUT2D eigenvalue weighted by Crippen LogP contribution is -2.41. The number of anilines is 2. The molecular weight excluding hydrogens is 368 g/mol. The first-order valence-corrected chi connectivity index (χ1v) is 8.60. The smallest absolute Gasteiger partial charge is 0.239 e. The molecule has 2 N–H and O–H groups in total. The third kappa shape index (κ3) is 4.86. The van der Waals surface area contributed by atoms with Gasteiger partial charge >= 0.3 is 0 Å². The Morgan fingerprint density at radius 2 is 1.44 bits per heavy atom. The van der Waals surface area contributed by atoms with Gasteiger partial charge < -0.3 is 15.4 Å². The van der Waals surface area contributed by atoms with Gasteiger partial charge in [-0.05, 0) is 63.2 Å². The minimum atomic E-state index is -1.34. The van der Waals surface area contributed by atoms with E-state index < -0.39 is 17.2 Å². The summed E-state index contributed by atoms with van der Waals surface area (Å²) >= 11 is 6.05. The normalized spacial score (nSPS) is 10.9.